The van der Waals surface area contributed by atoms with Gasteiger partial charge in [0.15, 0.2) is 0 Å². The van der Waals surface area contributed by atoms with E-state index >= 15 is 0 Å². The first-order chi connectivity index (χ1) is 8.15. The molecule has 0 fully saturated rings. The molecule has 2 N–H and O–H groups in total. The van der Waals surface area contributed by atoms with Crippen LogP contribution in [0.1, 0.15) is 17.8 Å². The Morgan fingerprint density at radius 1 is 1.53 bits per heavy atom. The molecule has 6 nitrogen and oxygen atoms in total. The molecule has 17 heavy (non-hydrogen) atoms. The maximum atomic E-state index is 11.6. The summed E-state index contributed by atoms with van der Waals surface area (Å²) >= 11 is 0. The van der Waals surface area contributed by atoms with Gasteiger partial charge in [-0.25, -0.2) is 0 Å². The zero-order valence-electron chi connectivity index (χ0n) is 9.90. The Hall–Kier alpha value is -2.11. The molecule has 0 saturated heterocycles. The molecule has 0 unspecified atom stereocenters. The highest BCUT2D eigenvalue weighted by Gasteiger charge is 2.06. The third-order valence-electron chi connectivity index (χ3n) is 2.44. The molecule has 0 aliphatic rings. The summed E-state index contributed by atoms with van der Waals surface area (Å²) in [6.45, 7) is 4.51. The van der Waals surface area contributed by atoms with E-state index < -0.39 is 0 Å². The quantitative estimate of drug-likeness (QED) is 0.834. The summed E-state index contributed by atoms with van der Waals surface area (Å²) in [6, 6.07) is 1.99. The fraction of sp³-hybridized carbons (Fsp3) is 0.364. The molecule has 90 valence electrons. The van der Waals surface area contributed by atoms with Crippen molar-refractivity contribution in [3.8, 4) is 0 Å². The second-order valence-corrected chi connectivity index (χ2v) is 3.94. The molecule has 0 aliphatic heterocycles. The lowest BCUT2D eigenvalue weighted by atomic mass is 10.3. The van der Waals surface area contributed by atoms with Gasteiger partial charge in [0.05, 0.1) is 17.6 Å². The molecule has 2 aromatic heterocycles. The van der Waals surface area contributed by atoms with Gasteiger partial charge in [0, 0.05) is 24.9 Å². The van der Waals surface area contributed by atoms with Gasteiger partial charge in [-0.2, -0.15) is 10.2 Å². The summed E-state index contributed by atoms with van der Waals surface area (Å²) in [5.74, 6) is -0.0426. The van der Waals surface area contributed by atoms with E-state index in [1.54, 1.807) is 12.4 Å². The van der Waals surface area contributed by atoms with Gasteiger partial charge in [-0.3, -0.25) is 14.6 Å². The molecule has 0 atom stereocenters. The average molecular weight is 233 g/mol. The van der Waals surface area contributed by atoms with E-state index in [-0.39, 0.29) is 5.91 Å². The molecule has 2 rings (SSSR count). The number of rotatable bonds is 4. The Labute approximate surface area is 99.0 Å². The van der Waals surface area contributed by atoms with Crippen LogP contribution in [0.2, 0.25) is 0 Å². The Balaban J connectivity index is 1.86. The van der Waals surface area contributed by atoms with Crippen LogP contribution in [0.15, 0.2) is 18.5 Å². The smallest absolute Gasteiger partial charge is 0.226 e. The van der Waals surface area contributed by atoms with Crippen LogP contribution in [0.25, 0.3) is 0 Å². The van der Waals surface area contributed by atoms with E-state index in [1.807, 2.05) is 24.6 Å². The SMILES string of the molecule is Cc1cc(C)n(CCC(=O)Nc2cn[nH]c2)n1. The third kappa shape index (κ3) is 2.93. The number of hydrogen-bond donors (Lipinski definition) is 2. The number of aromatic amines is 1. The number of H-pyrrole nitrogens is 1. The number of nitrogens with one attached hydrogen (secondary N) is 2. The van der Waals surface area contributed by atoms with Crippen molar-refractivity contribution in [2.45, 2.75) is 26.8 Å². The van der Waals surface area contributed by atoms with E-state index in [0.29, 0.717) is 18.7 Å². The zero-order valence-corrected chi connectivity index (χ0v) is 9.90. The Morgan fingerprint density at radius 2 is 2.35 bits per heavy atom. The molecule has 2 aromatic rings. The Kier molecular flexibility index (Phi) is 3.22. The van der Waals surface area contributed by atoms with Gasteiger partial charge in [0.1, 0.15) is 0 Å². The summed E-state index contributed by atoms with van der Waals surface area (Å²) < 4.78 is 1.84. The molecule has 0 bridgehead atoms. The normalized spacial score (nSPS) is 10.5. The Bertz CT molecular complexity index is 500. The molecule has 0 saturated carbocycles. The maximum absolute atomic E-state index is 11.6. The van der Waals surface area contributed by atoms with Crippen molar-refractivity contribution in [3.05, 3.63) is 29.8 Å². The molecular weight excluding hydrogens is 218 g/mol. The van der Waals surface area contributed by atoms with Crippen molar-refractivity contribution in [2.75, 3.05) is 5.32 Å². The molecule has 6 heteroatoms. The van der Waals surface area contributed by atoms with Gasteiger partial charge >= 0.3 is 0 Å². The lowest BCUT2D eigenvalue weighted by Crippen LogP contribution is -2.15. The van der Waals surface area contributed by atoms with Crippen LogP contribution in [-0.2, 0) is 11.3 Å². The lowest BCUT2D eigenvalue weighted by Gasteiger charge is -2.04. The van der Waals surface area contributed by atoms with E-state index in [9.17, 15) is 4.79 Å². The highest BCUT2D eigenvalue weighted by atomic mass is 16.1. The number of anilines is 1. The summed E-state index contributed by atoms with van der Waals surface area (Å²) in [7, 11) is 0. The number of nitrogens with zero attached hydrogens (tertiary/aromatic N) is 3. The number of hydrogen-bond acceptors (Lipinski definition) is 3. The van der Waals surface area contributed by atoms with Gasteiger partial charge in [0.2, 0.25) is 5.91 Å². The summed E-state index contributed by atoms with van der Waals surface area (Å²) in [6.07, 6.45) is 3.61. The fourth-order valence-corrected chi connectivity index (χ4v) is 1.65. The highest BCUT2D eigenvalue weighted by molar-refractivity contribution is 5.90. The van der Waals surface area contributed by atoms with Crippen LogP contribution in [0.5, 0.6) is 0 Å². The van der Waals surface area contributed by atoms with E-state index in [4.69, 9.17) is 0 Å². The second kappa shape index (κ2) is 4.82. The standard InChI is InChI=1S/C11H15N5O/c1-8-5-9(2)16(15-8)4-3-11(17)14-10-6-12-13-7-10/h5-7H,3-4H2,1-2H3,(H,12,13)(H,14,17). The van der Waals surface area contributed by atoms with Gasteiger partial charge in [0.25, 0.3) is 0 Å². The monoisotopic (exact) mass is 233 g/mol. The molecule has 0 aromatic carbocycles. The first-order valence-corrected chi connectivity index (χ1v) is 5.45. The lowest BCUT2D eigenvalue weighted by molar-refractivity contribution is -0.116. The highest BCUT2D eigenvalue weighted by Crippen LogP contribution is 2.05. The molecule has 1 amide bonds. The van der Waals surface area contributed by atoms with Gasteiger partial charge in [-0.15, -0.1) is 0 Å². The summed E-state index contributed by atoms with van der Waals surface area (Å²) in [5, 5.41) is 13.4. The van der Waals surface area contributed by atoms with Crippen molar-refractivity contribution in [1.82, 2.24) is 20.0 Å². The molecule has 0 radical (unpaired) electrons. The van der Waals surface area contributed by atoms with Crippen molar-refractivity contribution < 1.29 is 4.79 Å². The zero-order chi connectivity index (χ0) is 12.3. The first kappa shape index (κ1) is 11.4. The predicted molar refractivity (Wildman–Crippen MR) is 63.5 cm³/mol. The maximum Gasteiger partial charge on any atom is 0.226 e. The number of carbonyl (C=O) groups excluding carboxylic acids is 1. The first-order valence-electron chi connectivity index (χ1n) is 5.45. The van der Waals surface area contributed by atoms with E-state index in [0.717, 1.165) is 11.4 Å². The van der Waals surface area contributed by atoms with Crippen molar-refractivity contribution in [1.29, 1.82) is 0 Å². The Morgan fingerprint density at radius 3 is 2.94 bits per heavy atom. The minimum atomic E-state index is -0.0426. The topological polar surface area (TPSA) is 75.6 Å². The molecular formula is C11H15N5O. The summed E-state index contributed by atoms with van der Waals surface area (Å²) in [5.41, 5.74) is 2.72. The average Bonchev–Trinajstić information content (AvgIpc) is 2.86. The van der Waals surface area contributed by atoms with Crippen molar-refractivity contribution >= 4 is 11.6 Å². The largest absolute Gasteiger partial charge is 0.323 e. The van der Waals surface area contributed by atoms with Gasteiger partial charge < -0.3 is 5.32 Å². The van der Waals surface area contributed by atoms with Crippen molar-refractivity contribution in [2.24, 2.45) is 0 Å². The van der Waals surface area contributed by atoms with Crippen LogP contribution in [0, 0.1) is 13.8 Å². The van der Waals surface area contributed by atoms with Crippen LogP contribution >= 0.6 is 0 Å². The van der Waals surface area contributed by atoms with Crippen LogP contribution < -0.4 is 5.32 Å². The van der Waals surface area contributed by atoms with Crippen LogP contribution in [0.3, 0.4) is 0 Å². The molecule has 0 spiro atoms. The minimum absolute atomic E-state index is 0.0426. The number of aromatic nitrogens is 4. The predicted octanol–water partition coefficient (Wildman–Crippen LogP) is 1.25. The summed E-state index contributed by atoms with van der Waals surface area (Å²) in [4.78, 5) is 11.6. The minimum Gasteiger partial charge on any atom is -0.323 e. The number of aryl methyl sites for hydroxylation is 3. The van der Waals surface area contributed by atoms with Crippen LogP contribution in [-0.4, -0.2) is 25.9 Å². The molecule has 2 heterocycles. The van der Waals surface area contributed by atoms with Gasteiger partial charge in [-0.05, 0) is 19.9 Å². The van der Waals surface area contributed by atoms with E-state index in [1.165, 1.54) is 0 Å². The van der Waals surface area contributed by atoms with Crippen molar-refractivity contribution in [3.63, 3.8) is 0 Å². The second-order valence-electron chi connectivity index (χ2n) is 3.94. The number of carbonyl (C=O) groups is 1. The van der Waals surface area contributed by atoms with Crippen LogP contribution in [0.4, 0.5) is 5.69 Å². The fourth-order valence-electron chi connectivity index (χ4n) is 1.65. The van der Waals surface area contributed by atoms with E-state index in [2.05, 4.69) is 20.6 Å². The number of amides is 1. The molecule has 0 aliphatic carbocycles. The van der Waals surface area contributed by atoms with Gasteiger partial charge in [-0.1, -0.05) is 0 Å². The third-order valence-corrected chi connectivity index (χ3v) is 2.44.